The maximum atomic E-state index is 11.7. The Balaban J connectivity index is 2.96. The van der Waals surface area contributed by atoms with Gasteiger partial charge in [-0.15, -0.1) is 0 Å². The van der Waals surface area contributed by atoms with Gasteiger partial charge in [-0.1, -0.05) is 24.6 Å². The largest absolute Gasteiger partial charge is 0.547 e. The third-order valence-corrected chi connectivity index (χ3v) is 3.52. The summed E-state index contributed by atoms with van der Waals surface area (Å²) in [7, 11) is -4.05. The number of carbonyl (C=O) groups excluding carboxylic acids is 1. The Bertz CT molecular complexity index is 489. The summed E-state index contributed by atoms with van der Waals surface area (Å²) in [6, 6.07) is 5.95. The highest BCUT2D eigenvalue weighted by Crippen LogP contribution is 2.15. The number of aryl methyl sites for hydroxylation is 1. The minimum Gasteiger partial charge on any atom is -0.547 e. The average molecular weight is 257 g/mol. The molecule has 0 bridgehead atoms. The molecule has 0 fully saturated rings. The molecule has 1 rings (SSSR count). The molecular formula is C11H13O5S-. The molecule has 1 atom stereocenters. The number of aliphatic carboxylic acids is 1. The van der Waals surface area contributed by atoms with Crippen LogP contribution in [-0.2, 0) is 19.1 Å². The zero-order valence-electron chi connectivity index (χ0n) is 9.54. The predicted octanol–water partition coefficient (Wildman–Crippen LogP) is 0.229. The van der Waals surface area contributed by atoms with Crippen LogP contribution in [0, 0.1) is 6.92 Å². The summed E-state index contributed by atoms with van der Waals surface area (Å²) in [5.41, 5.74) is 0.899. The molecule has 94 valence electrons. The van der Waals surface area contributed by atoms with E-state index in [2.05, 4.69) is 4.18 Å². The minimum atomic E-state index is -4.05. The molecule has 0 aromatic heterocycles. The molecule has 0 aliphatic rings. The zero-order valence-corrected chi connectivity index (χ0v) is 10.4. The monoisotopic (exact) mass is 257 g/mol. The highest BCUT2D eigenvalue weighted by Gasteiger charge is 2.21. The summed E-state index contributed by atoms with van der Waals surface area (Å²) in [5, 5.41) is 10.6. The maximum absolute atomic E-state index is 11.7. The molecule has 0 spiro atoms. The van der Waals surface area contributed by atoms with Crippen LogP contribution in [0.15, 0.2) is 29.2 Å². The van der Waals surface area contributed by atoms with Gasteiger partial charge in [0.2, 0.25) is 0 Å². The van der Waals surface area contributed by atoms with Crippen molar-refractivity contribution in [3.05, 3.63) is 29.8 Å². The topological polar surface area (TPSA) is 83.5 Å². The summed E-state index contributed by atoms with van der Waals surface area (Å²) >= 11 is 0. The highest BCUT2D eigenvalue weighted by atomic mass is 32.2. The van der Waals surface area contributed by atoms with Gasteiger partial charge in [0, 0.05) is 0 Å². The Labute approximate surface area is 100 Å². The average Bonchev–Trinajstić information content (AvgIpc) is 2.26. The molecule has 1 unspecified atom stereocenters. The number of carboxylic acid groups (broad SMARTS) is 1. The molecule has 0 aliphatic heterocycles. The van der Waals surface area contributed by atoms with E-state index in [0.29, 0.717) is 0 Å². The van der Waals surface area contributed by atoms with E-state index in [1.54, 1.807) is 12.1 Å². The fourth-order valence-electron chi connectivity index (χ4n) is 1.19. The van der Waals surface area contributed by atoms with Gasteiger partial charge in [-0.25, -0.2) is 0 Å². The minimum absolute atomic E-state index is 0.0213. The first kappa shape index (κ1) is 13.7. The molecule has 17 heavy (non-hydrogen) atoms. The van der Waals surface area contributed by atoms with Crippen molar-refractivity contribution in [3.8, 4) is 0 Å². The number of rotatable bonds is 5. The van der Waals surface area contributed by atoms with E-state index < -0.39 is 22.2 Å². The highest BCUT2D eigenvalue weighted by molar-refractivity contribution is 7.86. The van der Waals surface area contributed by atoms with E-state index in [1.807, 2.05) is 6.92 Å². The zero-order chi connectivity index (χ0) is 13.1. The van der Waals surface area contributed by atoms with Crippen LogP contribution in [0.1, 0.15) is 18.9 Å². The van der Waals surface area contributed by atoms with Crippen molar-refractivity contribution in [1.82, 2.24) is 0 Å². The standard InChI is InChI=1S/C11H14O5S/c1-3-10(11(12)13)16-17(14,15)9-6-4-8(2)5-7-9/h4-7,10H,3H2,1-2H3,(H,12,13)/p-1. The summed E-state index contributed by atoms with van der Waals surface area (Å²) in [4.78, 5) is 10.5. The Hall–Kier alpha value is -1.40. The molecule has 0 saturated carbocycles. The molecule has 0 saturated heterocycles. The molecule has 5 nitrogen and oxygen atoms in total. The van der Waals surface area contributed by atoms with Gasteiger partial charge in [0.15, 0.2) is 0 Å². The van der Waals surface area contributed by atoms with Crippen molar-refractivity contribution < 1.29 is 22.5 Å². The smallest absolute Gasteiger partial charge is 0.297 e. The van der Waals surface area contributed by atoms with Crippen molar-refractivity contribution in [1.29, 1.82) is 0 Å². The first-order chi connectivity index (χ1) is 7.86. The Morgan fingerprint density at radius 1 is 1.35 bits per heavy atom. The Kier molecular flexibility index (Phi) is 4.25. The van der Waals surface area contributed by atoms with Crippen molar-refractivity contribution >= 4 is 16.1 Å². The van der Waals surface area contributed by atoms with Gasteiger partial charge in [-0.3, -0.25) is 4.18 Å². The molecular weight excluding hydrogens is 244 g/mol. The van der Waals surface area contributed by atoms with Gasteiger partial charge in [0.05, 0.1) is 10.9 Å². The van der Waals surface area contributed by atoms with Crippen LogP contribution in [0.4, 0.5) is 0 Å². The lowest BCUT2D eigenvalue weighted by atomic mass is 10.2. The number of hydrogen-bond acceptors (Lipinski definition) is 5. The van der Waals surface area contributed by atoms with E-state index >= 15 is 0 Å². The van der Waals surface area contributed by atoms with E-state index in [4.69, 9.17) is 0 Å². The van der Waals surface area contributed by atoms with Crippen LogP contribution in [0.25, 0.3) is 0 Å². The second kappa shape index (κ2) is 5.29. The van der Waals surface area contributed by atoms with E-state index in [1.165, 1.54) is 19.1 Å². The quantitative estimate of drug-likeness (QED) is 0.705. The predicted molar refractivity (Wildman–Crippen MR) is 58.5 cm³/mol. The van der Waals surface area contributed by atoms with Crippen LogP contribution in [0.3, 0.4) is 0 Å². The van der Waals surface area contributed by atoms with Crippen LogP contribution in [0.5, 0.6) is 0 Å². The summed E-state index contributed by atoms with van der Waals surface area (Å²) in [6.07, 6.45) is -1.44. The fourth-order valence-corrected chi connectivity index (χ4v) is 2.29. The lowest BCUT2D eigenvalue weighted by molar-refractivity contribution is -0.313. The molecule has 0 aliphatic carbocycles. The van der Waals surface area contributed by atoms with Crippen LogP contribution in [0.2, 0.25) is 0 Å². The van der Waals surface area contributed by atoms with Gasteiger partial charge in [0.1, 0.15) is 6.10 Å². The number of carboxylic acids is 1. The summed E-state index contributed by atoms with van der Waals surface area (Å²) in [6.45, 7) is 3.32. The van der Waals surface area contributed by atoms with E-state index in [9.17, 15) is 18.3 Å². The van der Waals surface area contributed by atoms with E-state index in [-0.39, 0.29) is 11.3 Å². The second-order valence-electron chi connectivity index (χ2n) is 3.58. The van der Waals surface area contributed by atoms with Gasteiger partial charge >= 0.3 is 0 Å². The number of carbonyl (C=O) groups is 1. The lowest BCUT2D eigenvalue weighted by Crippen LogP contribution is -2.38. The SMILES string of the molecule is CCC(OS(=O)(=O)c1ccc(C)cc1)C(=O)[O-]. The third-order valence-electron chi connectivity index (χ3n) is 2.19. The second-order valence-corrected chi connectivity index (χ2v) is 5.15. The molecule has 0 heterocycles. The van der Waals surface area contributed by atoms with Crippen molar-refractivity contribution in [2.24, 2.45) is 0 Å². The van der Waals surface area contributed by atoms with Gasteiger partial charge in [0.25, 0.3) is 10.1 Å². The van der Waals surface area contributed by atoms with Crippen LogP contribution in [-0.4, -0.2) is 20.5 Å². The molecule has 0 radical (unpaired) electrons. The normalized spacial score (nSPS) is 13.3. The van der Waals surface area contributed by atoms with Crippen molar-refractivity contribution in [3.63, 3.8) is 0 Å². The number of benzene rings is 1. The third kappa shape index (κ3) is 3.54. The summed E-state index contributed by atoms with van der Waals surface area (Å²) in [5.74, 6) is -1.54. The molecule has 0 amide bonds. The van der Waals surface area contributed by atoms with Crippen LogP contribution >= 0.6 is 0 Å². The molecule has 1 aromatic carbocycles. The number of hydrogen-bond donors (Lipinski definition) is 0. The fraction of sp³-hybridized carbons (Fsp3) is 0.364. The molecule has 1 aromatic rings. The summed E-state index contributed by atoms with van der Waals surface area (Å²) < 4.78 is 28.0. The first-order valence-electron chi connectivity index (χ1n) is 5.07. The molecule has 6 heteroatoms. The Morgan fingerprint density at radius 3 is 2.29 bits per heavy atom. The van der Waals surface area contributed by atoms with Gasteiger partial charge < -0.3 is 9.90 Å². The van der Waals surface area contributed by atoms with Gasteiger partial charge in [-0.2, -0.15) is 8.42 Å². The van der Waals surface area contributed by atoms with Crippen molar-refractivity contribution in [2.45, 2.75) is 31.3 Å². The van der Waals surface area contributed by atoms with Crippen LogP contribution < -0.4 is 5.11 Å². The van der Waals surface area contributed by atoms with Crippen molar-refractivity contribution in [2.75, 3.05) is 0 Å². The lowest BCUT2D eigenvalue weighted by Gasteiger charge is -2.16. The van der Waals surface area contributed by atoms with Gasteiger partial charge in [-0.05, 0) is 25.5 Å². The molecule has 0 N–H and O–H groups in total. The first-order valence-corrected chi connectivity index (χ1v) is 6.48. The Morgan fingerprint density at radius 2 is 1.88 bits per heavy atom. The van der Waals surface area contributed by atoms with E-state index in [0.717, 1.165) is 5.56 Å². The maximum Gasteiger partial charge on any atom is 0.297 e.